The molecule has 0 aliphatic heterocycles. The number of benzene rings is 1. The zero-order valence-electron chi connectivity index (χ0n) is 10.6. The lowest BCUT2D eigenvalue weighted by Crippen LogP contribution is -2.04. The number of halogens is 1. The van der Waals surface area contributed by atoms with Gasteiger partial charge < -0.3 is 9.84 Å². The van der Waals surface area contributed by atoms with Gasteiger partial charge in [0.05, 0.1) is 16.0 Å². The summed E-state index contributed by atoms with van der Waals surface area (Å²) in [5, 5.41) is 19.7. The zero-order valence-corrected chi connectivity index (χ0v) is 11.4. The van der Waals surface area contributed by atoms with Crippen molar-refractivity contribution in [1.82, 2.24) is 9.97 Å². The van der Waals surface area contributed by atoms with E-state index in [0.717, 1.165) is 6.07 Å². The Morgan fingerprint density at radius 1 is 1.38 bits per heavy atom. The summed E-state index contributed by atoms with van der Waals surface area (Å²) < 4.78 is 5.25. The molecule has 8 nitrogen and oxygen atoms in total. The number of non-ortho nitro benzene ring substituents is 1. The predicted octanol–water partition coefficient (Wildman–Crippen LogP) is 2.84. The Bertz CT molecular complexity index is 735. The van der Waals surface area contributed by atoms with E-state index in [2.05, 4.69) is 9.97 Å². The van der Waals surface area contributed by atoms with Crippen LogP contribution < -0.4 is 4.74 Å². The number of aryl methyl sites for hydroxylation is 1. The normalized spacial score (nSPS) is 10.2. The molecule has 0 saturated carbocycles. The predicted molar refractivity (Wildman–Crippen MR) is 71.9 cm³/mol. The fourth-order valence-corrected chi connectivity index (χ4v) is 1.63. The lowest BCUT2D eigenvalue weighted by atomic mass is 10.3. The molecule has 0 aliphatic rings. The largest absolute Gasteiger partial charge is 0.477 e. The third-order valence-corrected chi connectivity index (χ3v) is 2.69. The van der Waals surface area contributed by atoms with Crippen molar-refractivity contribution in [1.29, 1.82) is 0 Å². The van der Waals surface area contributed by atoms with Crippen molar-refractivity contribution in [3.05, 3.63) is 50.8 Å². The van der Waals surface area contributed by atoms with Gasteiger partial charge in [-0.15, -0.1) is 0 Å². The first-order valence-corrected chi connectivity index (χ1v) is 5.95. The highest BCUT2D eigenvalue weighted by atomic mass is 35.5. The first-order valence-electron chi connectivity index (χ1n) is 5.57. The molecular weight excluding hydrogens is 302 g/mol. The summed E-state index contributed by atoms with van der Waals surface area (Å²) in [6.45, 7) is 1.57. The molecule has 0 radical (unpaired) electrons. The van der Waals surface area contributed by atoms with E-state index in [-0.39, 0.29) is 28.2 Å². The second-order valence-corrected chi connectivity index (χ2v) is 4.36. The summed E-state index contributed by atoms with van der Waals surface area (Å²) in [7, 11) is 0. The van der Waals surface area contributed by atoms with E-state index in [4.69, 9.17) is 21.4 Å². The Morgan fingerprint density at radius 2 is 2.10 bits per heavy atom. The van der Waals surface area contributed by atoms with Crippen molar-refractivity contribution < 1.29 is 19.6 Å². The van der Waals surface area contributed by atoms with Crippen LogP contribution in [-0.2, 0) is 0 Å². The number of hydrogen-bond donors (Lipinski definition) is 1. The smallest absolute Gasteiger partial charge is 0.354 e. The molecule has 0 aliphatic carbocycles. The lowest BCUT2D eigenvalue weighted by Gasteiger charge is -2.07. The number of carbonyl (C=O) groups is 1. The summed E-state index contributed by atoms with van der Waals surface area (Å²) in [5.74, 6) is -1.27. The van der Waals surface area contributed by atoms with E-state index >= 15 is 0 Å². The Hall–Kier alpha value is -2.74. The molecule has 9 heteroatoms. The van der Waals surface area contributed by atoms with Crippen LogP contribution in [0.2, 0.25) is 5.02 Å². The maximum absolute atomic E-state index is 10.9. The molecular formula is C12H8ClN3O5. The van der Waals surface area contributed by atoms with E-state index in [1.807, 2.05) is 0 Å². The van der Waals surface area contributed by atoms with Crippen LogP contribution in [-0.4, -0.2) is 26.0 Å². The third kappa shape index (κ3) is 3.42. The SMILES string of the molecule is Cc1cc(C(=O)O)nc(Oc2cc([N+](=O)[O-])ccc2Cl)n1. The van der Waals surface area contributed by atoms with Crippen LogP contribution in [0.5, 0.6) is 11.8 Å². The molecule has 1 heterocycles. The van der Waals surface area contributed by atoms with Gasteiger partial charge in [0.15, 0.2) is 11.4 Å². The van der Waals surface area contributed by atoms with E-state index in [1.165, 1.54) is 18.2 Å². The van der Waals surface area contributed by atoms with Gasteiger partial charge in [0, 0.05) is 11.8 Å². The third-order valence-electron chi connectivity index (χ3n) is 2.38. The molecule has 2 rings (SSSR count). The van der Waals surface area contributed by atoms with Crippen molar-refractivity contribution in [2.75, 3.05) is 0 Å². The number of nitro groups is 1. The van der Waals surface area contributed by atoms with Crippen LogP contribution in [0.3, 0.4) is 0 Å². The number of aromatic carboxylic acids is 1. The van der Waals surface area contributed by atoms with Crippen LogP contribution in [0.15, 0.2) is 24.3 Å². The Labute approximate surface area is 123 Å². The molecule has 108 valence electrons. The number of rotatable bonds is 4. The van der Waals surface area contributed by atoms with Gasteiger partial charge in [0.25, 0.3) is 5.69 Å². The highest BCUT2D eigenvalue weighted by Gasteiger charge is 2.15. The standard InChI is InChI=1S/C12H8ClN3O5/c1-6-4-9(11(17)18)15-12(14-6)21-10-5-7(16(19)20)2-3-8(10)13/h2-5H,1H3,(H,17,18). The van der Waals surface area contributed by atoms with Crippen LogP contribution in [0.25, 0.3) is 0 Å². The van der Waals surface area contributed by atoms with E-state index in [0.29, 0.717) is 5.69 Å². The Morgan fingerprint density at radius 3 is 2.71 bits per heavy atom. The van der Waals surface area contributed by atoms with Crippen LogP contribution in [0, 0.1) is 17.0 Å². The summed E-state index contributed by atoms with van der Waals surface area (Å²) >= 11 is 5.87. The molecule has 0 spiro atoms. The second-order valence-electron chi connectivity index (χ2n) is 3.96. The van der Waals surface area contributed by atoms with E-state index < -0.39 is 10.9 Å². The number of carboxylic acids is 1. The van der Waals surface area contributed by atoms with Crippen molar-refractivity contribution in [3.8, 4) is 11.8 Å². The lowest BCUT2D eigenvalue weighted by molar-refractivity contribution is -0.384. The maximum atomic E-state index is 10.9. The van der Waals surface area contributed by atoms with Crippen molar-refractivity contribution in [2.24, 2.45) is 0 Å². The van der Waals surface area contributed by atoms with Gasteiger partial charge in [-0.2, -0.15) is 4.98 Å². The molecule has 0 bridgehead atoms. The Balaban J connectivity index is 2.40. The van der Waals surface area contributed by atoms with Gasteiger partial charge in [0.1, 0.15) is 0 Å². The summed E-state index contributed by atoms with van der Waals surface area (Å²) in [6, 6.07) is 4.63. The quantitative estimate of drug-likeness (QED) is 0.681. The number of ether oxygens (including phenoxy) is 1. The summed E-state index contributed by atoms with van der Waals surface area (Å²) in [4.78, 5) is 28.6. The number of nitrogens with zero attached hydrogens (tertiary/aromatic N) is 3. The molecule has 0 unspecified atom stereocenters. The molecule has 0 fully saturated rings. The van der Waals surface area contributed by atoms with Crippen LogP contribution in [0.4, 0.5) is 5.69 Å². The molecule has 1 N–H and O–H groups in total. The Kier molecular flexibility index (Phi) is 3.99. The van der Waals surface area contributed by atoms with Crippen molar-refractivity contribution in [3.63, 3.8) is 0 Å². The van der Waals surface area contributed by atoms with Crippen molar-refractivity contribution in [2.45, 2.75) is 6.92 Å². The molecule has 2 aromatic rings. The topological polar surface area (TPSA) is 115 Å². The van der Waals surface area contributed by atoms with Crippen LogP contribution >= 0.6 is 11.6 Å². The first-order chi connectivity index (χ1) is 9.86. The fourth-order valence-electron chi connectivity index (χ4n) is 1.48. The van der Waals surface area contributed by atoms with E-state index in [1.54, 1.807) is 6.92 Å². The molecule has 1 aromatic heterocycles. The maximum Gasteiger partial charge on any atom is 0.354 e. The highest BCUT2D eigenvalue weighted by molar-refractivity contribution is 6.32. The average Bonchev–Trinajstić information content (AvgIpc) is 2.40. The van der Waals surface area contributed by atoms with Gasteiger partial charge >= 0.3 is 12.0 Å². The molecule has 1 aromatic carbocycles. The number of carboxylic acid groups (broad SMARTS) is 1. The number of aromatic nitrogens is 2. The molecule has 0 amide bonds. The van der Waals surface area contributed by atoms with Gasteiger partial charge in [-0.25, -0.2) is 9.78 Å². The fraction of sp³-hybridized carbons (Fsp3) is 0.0833. The monoisotopic (exact) mass is 309 g/mol. The minimum Gasteiger partial charge on any atom is -0.477 e. The minimum absolute atomic E-state index is 0.0344. The average molecular weight is 310 g/mol. The van der Waals surface area contributed by atoms with Gasteiger partial charge in [-0.3, -0.25) is 10.1 Å². The minimum atomic E-state index is -1.24. The number of nitro benzene ring substituents is 1. The van der Waals surface area contributed by atoms with Gasteiger partial charge in [0.2, 0.25) is 0 Å². The zero-order chi connectivity index (χ0) is 15.6. The summed E-state index contributed by atoms with van der Waals surface area (Å²) in [6.07, 6.45) is 0. The van der Waals surface area contributed by atoms with Crippen molar-refractivity contribution >= 4 is 23.3 Å². The molecule has 0 saturated heterocycles. The first kappa shape index (κ1) is 14.7. The van der Waals surface area contributed by atoms with Gasteiger partial charge in [-0.05, 0) is 19.1 Å². The van der Waals surface area contributed by atoms with Gasteiger partial charge in [-0.1, -0.05) is 11.6 Å². The highest BCUT2D eigenvalue weighted by Crippen LogP contribution is 2.31. The van der Waals surface area contributed by atoms with E-state index in [9.17, 15) is 14.9 Å². The number of hydrogen-bond acceptors (Lipinski definition) is 6. The van der Waals surface area contributed by atoms with Crippen LogP contribution in [0.1, 0.15) is 16.2 Å². The molecule has 21 heavy (non-hydrogen) atoms. The molecule has 0 atom stereocenters. The second kappa shape index (κ2) is 5.71. The summed E-state index contributed by atoms with van der Waals surface area (Å²) in [5.41, 5.74) is -0.0986.